The molecule has 0 aromatic carbocycles. The van der Waals surface area contributed by atoms with E-state index in [2.05, 4.69) is 28.8 Å². The molecule has 0 atom stereocenters. The summed E-state index contributed by atoms with van der Waals surface area (Å²) in [6, 6.07) is 0.572. The smallest absolute Gasteiger partial charge is 0.191 e. The molecule has 0 aromatic heterocycles. The third-order valence-corrected chi connectivity index (χ3v) is 3.23. The van der Waals surface area contributed by atoms with Crippen molar-refractivity contribution >= 4 is 5.96 Å². The Hall–Kier alpha value is -0.770. The van der Waals surface area contributed by atoms with Crippen molar-refractivity contribution in [2.75, 3.05) is 33.2 Å². The van der Waals surface area contributed by atoms with Crippen LogP contribution in [-0.4, -0.2) is 55.0 Å². The summed E-state index contributed by atoms with van der Waals surface area (Å²) in [7, 11) is 2.06. The van der Waals surface area contributed by atoms with Crippen molar-refractivity contribution in [1.82, 2.24) is 9.80 Å². The van der Waals surface area contributed by atoms with Crippen molar-refractivity contribution in [1.29, 1.82) is 0 Å². The van der Waals surface area contributed by atoms with E-state index >= 15 is 0 Å². The van der Waals surface area contributed by atoms with Crippen molar-refractivity contribution in [3.8, 4) is 0 Å². The van der Waals surface area contributed by atoms with Crippen LogP contribution in [0.1, 0.15) is 26.7 Å². The molecule has 88 valence electrons. The van der Waals surface area contributed by atoms with E-state index in [4.69, 9.17) is 5.73 Å². The van der Waals surface area contributed by atoms with E-state index in [1.807, 2.05) is 6.92 Å². The van der Waals surface area contributed by atoms with Gasteiger partial charge in [-0.15, -0.1) is 0 Å². The fraction of sp³-hybridized carbons (Fsp3) is 0.909. The Morgan fingerprint density at radius 3 is 2.47 bits per heavy atom. The van der Waals surface area contributed by atoms with Crippen LogP contribution in [0, 0.1) is 0 Å². The molecule has 0 aromatic rings. The quantitative estimate of drug-likeness (QED) is 0.554. The molecule has 0 radical (unpaired) electrons. The summed E-state index contributed by atoms with van der Waals surface area (Å²) in [4.78, 5) is 8.86. The van der Waals surface area contributed by atoms with Crippen LogP contribution < -0.4 is 5.73 Å². The van der Waals surface area contributed by atoms with Gasteiger partial charge in [0.25, 0.3) is 0 Å². The Balaban J connectivity index is 2.42. The lowest BCUT2D eigenvalue weighted by molar-refractivity contribution is 0.171. The predicted octanol–water partition coefficient (Wildman–Crippen LogP) is 0.737. The van der Waals surface area contributed by atoms with E-state index in [9.17, 15) is 0 Å². The van der Waals surface area contributed by atoms with Gasteiger partial charge in [-0.3, -0.25) is 4.99 Å². The zero-order valence-electron chi connectivity index (χ0n) is 10.2. The first-order valence-electron chi connectivity index (χ1n) is 5.94. The van der Waals surface area contributed by atoms with Gasteiger partial charge in [-0.05, 0) is 26.3 Å². The summed E-state index contributed by atoms with van der Waals surface area (Å²) in [5.74, 6) is 0.687. The molecule has 0 amide bonds. The van der Waals surface area contributed by atoms with E-state index < -0.39 is 0 Å². The van der Waals surface area contributed by atoms with Crippen molar-refractivity contribution in [3.05, 3.63) is 0 Å². The van der Waals surface area contributed by atoms with Crippen LogP contribution in [0.5, 0.6) is 0 Å². The van der Waals surface area contributed by atoms with Gasteiger partial charge in [0.15, 0.2) is 5.96 Å². The Morgan fingerprint density at radius 2 is 2.00 bits per heavy atom. The number of piperidine rings is 1. The van der Waals surface area contributed by atoms with Crippen LogP contribution in [0.25, 0.3) is 0 Å². The first kappa shape index (κ1) is 12.3. The molecule has 4 heteroatoms. The molecule has 1 fully saturated rings. The second kappa shape index (κ2) is 5.95. The molecule has 4 nitrogen and oxygen atoms in total. The molecule has 0 saturated carbocycles. The number of nitrogens with two attached hydrogens (primary N) is 1. The summed E-state index contributed by atoms with van der Waals surface area (Å²) in [6.07, 6.45) is 2.40. The third-order valence-electron chi connectivity index (χ3n) is 3.23. The third kappa shape index (κ3) is 3.38. The van der Waals surface area contributed by atoms with Crippen molar-refractivity contribution in [3.63, 3.8) is 0 Å². The minimum atomic E-state index is 0.572. The summed E-state index contributed by atoms with van der Waals surface area (Å²) in [6.45, 7) is 8.53. The minimum Gasteiger partial charge on any atom is -0.370 e. The van der Waals surface area contributed by atoms with Gasteiger partial charge in [0.2, 0.25) is 0 Å². The molecule has 1 aliphatic heterocycles. The number of guanidine groups is 1. The molecule has 1 saturated heterocycles. The first-order chi connectivity index (χ1) is 7.19. The van der Waals surface area contributed by atoms with Gasteiger partial charge >= 0.3 is 0 Å². The highest BCUT2D eigenvalue weighted by Crippen LogP contribution is 2.14. The van der Waals surface area contributed by atoms with Gasteiger partial charge in [-0.1, -0.05) is 6.92 Å². The lowest BCUT2D eigenvalue weighted by Gasteiger charge is -2.36. The van der Waals surface area contributed by atoms with Crippen molar-refractivity contribution < 1.29 is 0 Å². The summed E-state index contributed by atoms with van der Waals surface area (Å²) in [5.41, 5.74) is 5.89. The fourth-order valence-electron chi connectivity index (χ4n) is 2.08. The summed E-state index contributed by atoms with van der Waals surface area (Å²) >= 11 is 0. The molecular formula is C11H24N4. The van der Waals surface area contributed by atoms with E-state index in [-0.39, 0.29) is 0 Å². The van der Waals surface area contributed by atoms with Gasteiger partial charge < -0.3 is 15.5 Å². The van der Waals surface area contributed by atoms with E-state index in [1.165, 1.54) is 25.9 Å². The Labute approximate surface area is 93.1 Å². The number of hydrogen-bond donors (Lipinski definition) is 1. The molecule has 0 spiro atoms. The van der Waals surface area contributed by atoms with Gasteiger partial charge in [0.05, 0.1) is 0 Å². The van der Waals surface area contributed by atoms with Crippen molar-refractivity contribution in [2.45, 2.75) is 32.7 Å². The molecule has 1 heterocycles. The predicted molar refractivity (Wildman–Crippen MR) is 65.1 cm³/mol. The van der Waals surface area contributed by atoms with Gasteiger partial charge in [-0.25, -0.2) is 0 Å². The average molecular weight is 212 g/mol. The molecule has 0 aliphatic carbocycles. The largest absolute Gasteiger partial charge is 0.370 e. The Bertz CT molecular complexity index is 207. The number of likely N-dealkylation sites (tertiary alicyclic amines) is 1. The topological polar surface area (TPSA) is 44.9 Å². The van der Waals surface area contributed by atoms with Gasteiger partial charge in [-0.2, -0.15) is 0 Å². The van der Waals surface area contributed by atoms with Crippen LogP contribution in [-0.2, 0) is 0 Å². The van der Waals surface area contributed by atoms with E-state index in [1.54, 1.807) is 0 Å². The van der Waals surface area contributed by atoms with Crippen LogP contribution in [0.4, 0.5) is 0 Å². The summed E-state index contributed by atoms with van der Waals surface area (Å²) < 4.78 is 0. The molecule has 1 rings (SSSR count). The molecule has 0 bridgehead atoms. The number of aliphatic imine (C=N–C) groups is 1. The van der Waals surface area contributed by atoms with E-state index in [0.29, 0.717) is 12.0 Å². The number of nitrogens with zero attached hydrogens (tertiary/aromatic N) is 3. The monoisotopic (exact) mass is 212 g/mol. The average Bonchev–Trinajstić information content (AvgIpc) is 2.28. The number of hydrogen-bond acceptors (Lipinski definition) is 2. The first-order valence-corrected chi connectivity index (χ1v) is 5.94. The molecule has 2 N–H and O–H groups in total. The maximum Gasteiger partial charge on any atom is 0.191 e. The van der Waals surface area contributed by atoms with Gasteiger partial charge in [0, 0.05) is 32.7 Å². The maximum atomic E-state index is 5.89. The highest BCUT2D eigenvalue weighted by atomic mass is 15.3. The van der Waals surface area contributed by atoms with Gasteiger partial charge in [0.1, 0.15) is 0 Å². The van der Waals surface area contributed by atoms with E-state index in [0.717, 1.165) is 13.1 Å². The lowest BCUT2D eigenvalue weighted by atomic mass is 10.0. The van der Waals surface area contributed by atoms with Crippen LogP contribution in [0.15, 0.2) is 4.99 Å². The SMILES string of the molecule is CCN=C(N)N(C)C1CCN(CC)CC1. The summed E-state index contributed by atoms with van der Waals surface area (Å²) in [5, 5.41) is 0. The van der Waals surface area contributed by atoms with Crippen LogP contribution in [0.3, 0.4) is 0 Å². The molecule has 15 heavy (non-hydrogen) atoms. The zero-order valence-corrected chi connectivity index (χ0v) is 10.2. The minimum absolute atomic E-state index is 0.572. The molecule has 0 unspecified atom stereocenters. The lowest BCUT2D eigenvalue weighted by Crippen LogP contribution is -2.48. The fourth-order valence-corrected chi connectivity index (χ4v) is 2.08. The maximum absolute atomic E-state index is 5.89. The van der Waals surface area contributed by atoms with Crippen LogP contribution in [0.2, 0.25) is 0 Å². The molecular weight excluding hydrogens is 188 g/mol. The Kier molecular flexibility index (Phi) is 4.88. The highest BCUT2D eigenvalue weighted by Gasteiger charge is 2.22. The van der Waals surface area contributed by atoms with Crippen molar-refractivity contribution in [2.24, 2.45) is 10.7 Å². The normalized spacial score (nSPS) is 20.6. The van der Waals surface area contributed by atoms with Crippen LogP contribution >= 0.6 is 0 Å². The molecule has 1 aliphatic rings. The second-order valence-electron chi connectivity index (χ2n) is 4.11. The second-order valence-corrected chi connectivity index (χ2v) is 4.11. The highest BCUT2D eigenvalue weighted by molar-refractivity contribution is 5.78. The standard InChI is InChI=1S/C11H24N4/c1-4-13-11(12)14(3)10-6-8-15(5-2)9-7-10/h10H,4-9H2,1-3H3,(H2,12,13). The zero-order chi connectivity index (χ0) is 11.3. The Morgan fingerprint density at radius 1 is 1.40 bits per heavy atom. The number of rotatable bonds is 3.